The Morgan fingerprint density at radius 2 is 1.92 bits per heavy atom. The van der Waals surface area contributed by atoms with Gasteiger partial charge < -0.3 is 10.0 Å². The maximum absolute atomic E-state index is 11.0. The van der Waals surface area contributed by atoms with Gasteiger partial charge in [-0.15, -0.1) is 0 Å². The molecule has 4 heteroatoms. The molecule has 1 fully saturated rings. The van der Waals surface area contributed by atoms with Crippen LogP contribution in [0, 0.1) is 5.92 Å². The van der Waals surface area contributed by atoms with E-state index in [0.29, 0.717) is 12.5 Å². The monoisotopic (exact) mass is 185 g/mol. The lowest BCUT2D eigenvalue weighted by Crippen LogP contribution is -2.36. The van der Waals surface area contributed by atoms with Crippen LogP contribution in [-0.2, 0) is 9.59 Å². The summed E-state index contributed by atoms with van der Waals surface area (Å²) < 4.78 is 0. The fourth-order valence-corrected chi connectivity index (χ4v) is 1.83. The first kappa shape index (κ1) is 10.0. The Kier molecular flexibility index (Phi) is 3.28. The summed E-state index contributed by atoms with van der Waals surface area (Å²) in [6.07, 6.45) is 4.66. The van der Waals surface area contributed by atoms with E-state index >= 15 is 0 Å². The zero-order chi connectivity index (χ0) is 9.84. The molecule has 4 nitrogen and oxygen atoms in total. The number of carboxylic acids is 1. The first-order valence-electron chi connectivity index (χ1n) is 4.59. The van der Waals surface area contributed by atoms with Crippen molar-refractivity contribution in [3.05, 3.63) is 0 Å². The molecule has 0 radical (unpaired) electrons. The molecule has 0 atom stereocenters. The van der Waals surface area contributed by atoms with Crippen molar-refractivity contribution in [2.24, 2.45) is 5.92 Å². The van der Waals surface area contributed by atoms with Crippen LogP contribution in [0.1, 0.15) is 25.7 Å². The lowest BCUT2D eigenvalue weighted by molar-refractivity contribution is -0.155. The van der Waals surface area contributed by atoms with Crippen molar-refractivity contribution >= 4 is 11.9 Å². The second-order valence-electron chi connectivity index (χ2n) is 3.64. The van der Waals surface area contributed by atoms with Crippen molar-refractivity contribution < 1.29 is 14.7 Å². The molecule has 1 aliphatic carbocycles. The predicted molar refractivity (Wildman–Crippen MR) is 47.2 cm³/mol. The van der Waals surface area contributed by atoms with E-state index in [9.17, 15) is 9.59 Å². The number of amides is 1. The molecule has 0 aromatic carbocycles. The molecule has 1 saturated carbocycles. The largest absolute Gasteiger partial charge is 0.474 e. The van der Waals surface area contributed by atoms with Crippen LogP contribution in [0.4, 0.5) is 0 Å². The highest BCUT2D eigenvalue weighted by atomic mass is 16.4. The van der Waals surface area contributed by atoms with Crippen LogP contribution in [-0.4, -0.2) is 35.5 Å². The second kappa shape index (κ2) is 4.25. The average molecular weight is 185 g/mol. The Labute approximate surface area is 77.5 Å². The van der Waals surface area contributed by atoms with Crippen LogP contribution in [0.3, 0.4) is 0 Å². The first-order valence-corrected chi connectivity index (χ1v) is 4.59. The van der Waals surface area contributed by atoms with Gasteiger partial charge in [-0.3, -0.25) is 4.79 Å². The molecule has 74 valence electrons. The minimum absolute atomic E-state index is 0.508. The average Bonchev–Trinajstić information content (AvgIpc) is 2.55. The smallest absolute Gasteiger partial charge is 0.394 e. The van der Waals surface area contributed by atoms with E-state index in [0.717, 1.165) is 12.8 Å². The Bertz CT molecular complexity index is 209. The minimum Gasteiger partial charge on any atom is -0.474 e. The molecule has 0 heterocycles. The molecule has 13 heavy (non-hydrogen) atoms. The number of likely N-dealkylation sites (N-methyl/N-ethyl adjacent to an activating group) is 1. The van der Waals surface area contributed by atoms with Gasteiger partial charge in [0.2, 0.25) is 0 Å². The Morgan fingerprint density at radius 1 is 1.38 bits per heavy atom. The van der Waals surface area contributed by atoms with E-state index < -0.39 is 11.9 Å². The fraction of sp³-hybridized carbons (Fsp3) is 0.778. The SMILES string of the molecule is CN(CC1CCCC1)C(=O)C(=O)O. The summed E-state index contributed by atoms with van der Waals surface area (Å²) in [6.45, 7) is 0.588. The van der Waals surface area contributed by atoms with Crippen LogP contribution >= 0.6 is 0 Å². The number of carboxylic acid groups (broad SMARTS) is 1. The van der Waals surface area contributed by atoms with Crippen LogP contribution in [0.2, 0.25) is 0 Å². The summed E-state index contributed by atoms with van der Waals surface area (Å²) in [5.74, 6) is -1.65. The normalized spacial score (nSPS) is 17.3. The third kappa shape index (κ3) is 2.72. The molecule has 0 aromatic heterocycles. The summed E-state index contributed by atoms with van der Waals surface area (Å²) in [5.41, 5.74) is 0. The predicted octanol–water partition coefficient (Wildman–Crippen LogP) is 0.720. The maximum Gasteiger partial charge on any atom is 0.394 e. The van der Waals surface area contributed by atoms with Crippen LogP contribution in [0.15, 0.2) is 0 Å². The lowest BCUT2D eigenvalue weighted by atomic mass is 10.1. The molecule has 1 N–H and O–H groups in total. The van der Waals surface area contributed by atoms with Crippen molar-refractivity contribution in [1.29, 1.82) is 0 Å². The van der Waals surface area contributed by atoms with Crippen molar-refractivity contribution in [2.45, 2.75) is 25.7 Å². The summed E-state index contributed by atoms with van der Waals surface area (Å²) in [7, 11) is 1.55. The van der Waals surface area contributed by atoms with E-state index in [-0.39, 0.29) is 0 Å². The Morgan fingerprint density at radius 3 is 2.38 bits per heavy atom. The molecule has 0 unspecified atom stereocenters. The number of hydrogen-bond donors (Lipinski definition) is 1. The fourth-order valence-electron chi connectivity index (χ4n) is 1.83. The minimum atomic E-state index is -1.36. The van der Waals surface area contributed by atoms with Gasteiger partial charge in [0.1, 0.15) is 0 Å². The summed E-state index contributed by atoms with van der Waals surface area (Å²) in [5, 5.41) is 8.44. The van der Waals surface area contributed by atoms with Gasteiger partial charge in [-0.2, -0.15) is 0 Å². The van der Waals surface area contributed by atoms with Gasteiger partial charge in [0, 0.05) is 13.6 Å². The molecular formula is C9H15NO3. The van der Waals surface area contributed by atoms with Crippen molar-refractivity contribution in [1.82, 2.24) is 4.90 Å². The van der Waals surface area contributed by atoms with Crippen molar-refractivity contribution in [3.8, 4) is 0 Å². The van der Waals surface area contributed by atoms with E-state index in [1.807, 2.05) is 0 Å². The lowest BCUT2D eigenvalue weighted by Gasteiger charge is -2.18. The van der Waals surface area contributed by atoms with E-state index in [1.165, 1.54) is 17.7 Å². The van der Waals surface area contributed by atoms with Crippen molar-refractivity contribution in [3.63, 3.8) is 0 Å². The number of nitrogens with zero attached hydrogens (tertiary/aromatic N) is 1. The molecule has 1 aliphatic rings. The molecule has 1 amide bonds. The zero-order valence-corrected chi connectivity index (χ0v) is 7.82. The van der Waals surface area contributed by atoms with Gasteiger partial charge >= 0.3 is 11.9 Å². The summed E-state index contributed by atoms with van der Waals surface area (Å²) >= 11 is 0. The van der Waals surface area contributed by atoms with Crippen LogP contribution < -0.4 is 0 Å². The topological polar surface area (TPSA) is 57.6 Å². The highest BCUT2D eigenvalue weighted by Crippen LogP contribution is 2.25. The molecule has 0 bridgehead atoms. The standard InChI is InChI=1S/C9H15NO3/c1-10(8(11)9(12)13)6-7-4-2-3-5-7/h7H,2-6H2,1H3,(H,12,13). The van der Waals surface area contributed by atoms with E-state index in [1.54, 1.807) is 7.05 Å². The van der Waals surface area contributed by atoms with Gasteiger partial charge in [0.25, 0.3) is 0 Å². The van der Waals surface area contributed by atoms with Gasteiger partial charge in [0.15, 0.2) is 0 Å². The highest BCUT2D eigenvalue weighted by molar-refractivity contribution is 6.31. The highest BCUT2D eigenvalue weighted by Gasteiger charge is 2.22. The number of hydrogen-bond acceptors (Lipinski definition) is 2. The number of rotatable bonds is 2. The quantitative estimate of drug-likeness (QED) is 0.645. The van der Waals surface area contributed by atoms with Gasteiger partial charge in [0.05, 0.1) is 0 Å². The van der Waals surface area contributed by atoms with E-state index in [4.69, 9.17) is 5.11 Å². The maximum atomic E-state index is 11.0. The third-order valence-corrected chi connectivity index (χ3v) is 2.54. The summed E-state index contributed by atoms with van der Waals surface area (Å²) in [4.78, 5) is 22.6. The molecule has 0 spiro atoms. The number of aliphatic carboxylic acids is 1. The third-order valence-electron chi connectivity index (χ3n) is 2.54. The first-order chi connectivity index (χ1) is 6.11. The van der Waals surface area contributed by atoms with Crippen molar-refractivity contribution in [2.75, 3.05) is 13.6 Å². The van der Waals surface area contributed by atoms with E-state index in [2.05, 4.69) is 0 Å². The molecule has 0 aromatic rings. The number of carbonyl (C=O) groups excluding carboxylic acids is 1. The van der Waals surface area contributed by atoms with Crippen LogP contribution in [0.25, 0.3) is 0 Å². The summed E-state index contributed by atoms with van der Waals surface area (Å²) in [6, 6.07) is 0. The Hall–Kier alpha value is -1.06. The van der Waals surface area contributed by atoms with Gasteiger partial charge in [-0.1, -0.05) is 12.8 Å². The molecule has 1 rings (SSSR count). The molecule has 0 aliphatic heterocycles. The zero-order valence-electron chi connectivity index (χ0n) is 7.82. The second-order valence-corrected chi connectivity index (χ2v) is 3.64. The molecule has 0 saturated heterocycles. The number of carbonyl (C=O) groups is 2. The van der Waals surface area contributed by atoms with Gasteiger partial charge in [-0.05, 0) is 18.8 Å². The van der Waals surface area contributed by atoms with Gasteiger partial charge in [-0.25, -0.2) is 4.79 Å². The molecular weight excluding hydrogens is 170 g/mol. The van der Waals surface area contributed by atoms with Crippen LogP contribution in [0.5, 0.6) is 0 Å². The Balaban J connectivity index is 2.35.